The van der Waals surface area contributed by atoms with Crippen molar-refractivity contribution < 1.29 is 32.6 Å². The number of carboxylic acids is 1. The SMILES string of the molecule is CCOC1(CC)CCNC(=C=O)C1.O=C(O)C(F)(F)F. The van der Waals surface area contributed by atoms with E-state index in [-0.39, 0.29) is 5.60 Å². The molecule has 1 heterocycles. The van der Waals surface area contributed by atoms with E-state index in [1.807, 2.05) is 12.9 Å². The molecule has 1 unspecified atom stereocenters. The molecule has 1 atom stereocenters. The van der Waals surface area contributed by atoms with Gasteiger partial charge in [0.15, 0.2) is 0 Å². The molecule has 0 aromatic rings. The van der Waals surface area contributed by atoms with Gasteiger partial charge in [-0.15, -0.1) is 0 Å². The number of hydrogen-bond acceptors (Lipinski definition) is 4. The van der Waals surface area contributed by atoms with Gasteiger partial charge in [-0.05, 0) is 19.8 Å². The molecule has 20 heavy (non-hydrogen) atoms. The van der Waals surface area contributed by atoms with E-state index in [1.54, 1.807) is 0 Å². The summed E-state index contributed by atoms with van der Waals surface area (Å²) < 4.78 is 37.4. The lowest BCUT2D eigenvalue weighted by atomic mass is 9.88. The van der Waals surface area contributed by atoms with Crippen LogP contribution in [0.25, 0.3) is 0 Å². The van der Waals surface area contributed by atoms with Crippen LogP contribution in [0, 0.1) is 0 Å². The van der Waals surface area contributed by atoms with Crippen LogP contribution in [-0.2, 0) is 14.3 Å². The lowest BCUT2D eigenvalue weighted by molar-refractivity contribution is -0.192. The fraction of sp³-hybridized carbons (Fsp3) is 0.750. The van der Waals surface area contributed by atoms with Crippen LogP contribution in [0.2, 0.25) is 0 Å². The molecule has 0 aromatic carbocycles. The van der Waals surface area contributed by atoms with Crippen molar-refractivity contribution in [1.29, 1.82) is 0 Å². The van der Waals surface area contributed by atoms with E-state index in [0.717, 1.165) is 19.4 Å². The molecule has 1 aliphatic rings. The molecule has 0 aromatic heterocycles. The zero-order valence-electron chi connectivity index (χ0n) is 11.3. The minimum atomic E-state index is -5.08. The first kappa shape index (κ1) is 18.5. The number of hydrogen-bond donors (Lipinski definition) is 2. The maximum absolute atomic E-state index is 10.6. The van der Waals surface area contributed by atoms with Crippen molar-refractivity contribution in [2.24, 2.45) is 0 Å². The van der Waals surface area contributed by atoms with Gasteiger partial charge in [0.25, 0.3) is 0 Å². The molecule has 1 saturated heterocycles. The Morgan fingerprint density at radius 2 is 2.05 bits per heavy atom. The number of aliphatic carboxylic acids is 1. The van der Waals surface area contributed by atoms with E-state index in [9.17, 15) is 18.0 Å². The van der Waals surface area contributed by atoms with Crippen LogP contribution in [0.5, 0.6) is 0 Å². The normalized spacial score (nSPS) is 22.1. The number of carbonyl (C=O) groups excluding carboxylic acids is 1. The topological polar surface area (TPSA) is 75.6 Å². The summed E-state index contributed by atoms with van der Waals surface area (Å²) in [5.41, 5.74) is 0.536. The van der Waals surface area contributed by atoms with Crippen molar-refractivity contribution in [3.63, 3.8) is 0 Å². The average molecular weight is 297 g/mol. The van der Waals surface area contributed by atoms with Gasteiger partial charge in [-0.25, -0.2) is 9.59 Å². The van der Waals surface area contributed by atoms with Crippen LogP contribution in [0.1, 0.15) is 33.1 Å². The fourth-order valence-electron chi connectivity index (χ4n) is 1.82. The number of carbonyl (C=O) groups is 1. The van der Waals surface area contributed by atoms with Crippen LogP contribution in [0.3, 0.4) is 0 Å². The van der Waals surface area contributed by atoms with Crippen molar-refractivity contribution in [2.45, 2.75) is 44.9 Å². The lowest BCUT2D eigenvalue weighted by Gasteiger charge is -2.36. The molecule has 1 aliphatic heterocycles. The zero-order valence-corrected chi connectivity index (χ0v) is 11.3. The van der Waals surface area contributed by atoms with E-state index in [2.05, 4.69) is 12.2 Å². The van der Waals surface area contributed by atoms with Crippen LogP contribution in [0.15, 0.2) is 5.70 Å². The van der Waals surface area contributed by atoms with Gasteiger partial charge in [0.05, 0.1) is 11.3 Å². The Balaban J connectivity index is 0.000000441. The second-order valence-corrected chi connectivity index (χ2v) is 4.21. The highest BCUT2D eigenvalue weighted by molar-refractivity contribution is 5.73. The second-order valence-electron chi connectivity index (χ2n) is 4.21. The summed E-state index contributed by atoms with van der Waals surface area (Å²) >= 11 is 0. The smallest absolute Gasteiger partial charge is 0.475 e. The Kier molecular flexibility index (Phi) is 7.31. The first-order valence-corrected chi connectivity index (χ1v) is 6.12. The molecule has 0 radical (unpaired) electrons. The molecule has 0 aliphatic carbocycles. The maximum Gasteiger partial charge on any atom is 0.490 e. The fourth-order valence-corrected chi connectivity index (χ4v) is 1.82. The van der Waals surface area contributed by atoms with Gasteiger partial charge in [-0.1, -0.05) is 6.92 Å². The average Bonchev–Trinajstić information content (AvgIpc) is 2.39. The predicted molar refractivity (Wildman–Crippen MR) is 64.8 cm³/mol. The molecule has 0 spiro atoms. The standard InChI is InChI=1S/C10H17NO2.C2HF3O2/c1-3-10(13-4-2)5-6-11-9(7-10)8-12;3-2(4,5)1(6)7/h11H,3-7H2,1-2H3;(H,6,7). The molecular weight excluding hydrogens is 279 g/mol. The maximum atomic E-state index is 10.6. The summed E-state index contributed by atoms with van der Waals surface area (Å²) in [5.74, 6) is -0.830. The Labute approximate surface area is 114 Å². The van der Waals surface area contributed by atoms with Crippen LogP contribution >= 0.6 is 0 Å². The lowest BCUT2D eigenvalue weighted by Crippen LogP contribution is -2.42. The van der Waals surface area contributed by atoms with Gasteiger partial charge < -0.3 is 15.2 Å². The summed E-state index contributed by atoms with van der Waals surface area (Å²) in [4.78, 5) is 19.4. The highest BCUT2D eigenvalue weighted by Gasteiger charge is 2.38. The molecule has 1 fully saturated rings. The van der Waals surface area contributed by atoms with Crippen molar-refractivity contribution >= 4 is 11.9 Å². The zero-order chi connectivity index (χ0) is 15.8. The Bertz CT molecular complexity index is 373. The summed E-state index contributed by atoms with van der Waals surface area (Å²) in [5, 5.41) is 10.2. The predicted octanol–water partition coefficient (Wildman–Crippen LogP) is 1.90. The molecule has 8 heteroatoms. The number of carboxylic acid groups (broad SMARTS) is 1. The van der Waals surface area contributed by atoms with E-state index >= 15 is 0 Å². The number of rotatable bonds is 3. The molecule has 116 valence electrons. The highest BCUT2D eigenvalue weighted by Crippen LogP contribution is 2.29. The van der Waals surface area contributed by atoms with Crippen molar-refractivity contribution in [2.75, 3.05) is 13.2 Å². The van der Waals surface area contributed by atoms with Gasteiger partial charge in [0, 0.05) is 19.6 Å². The van der Waals surface area contributed by atoms with Gasteiger partial charge in [0.1, 0.15) is 5.94 Å². The number of piperidine rings is 1. The van der Waals surface area contributed by atoms with Crippen molar-refractivity contribution in [3.05, 3.63) is 5.70 Å². The van der Waals surface area contributed by atoms with Gasteiger partial charge in [0.2, 0.25) is 0 Å². The summed E-state index contributed by atoms with van der Waals surface area (Å²) in [6.07, 6.45) is -2.48. The molecular formula is C12H18F3NO4. The van der Waals surface area contributed by atoms with E-state index < -0.39 is 12.1 Å². The quantitative estimate of drug-likeness (QED) is 0.778. The first-order valence-electron chi connectivity index (χ1n) is 6.12. The molecule has 0 saturated carbocycles. The van der Waals surface area contributed by atoms with Crippen LogP contribution < -0.4 is 5.32 Å². The number of alkyl halides is 3. The Morgan fingerprint density at radius 1 is 1.50 bits per heavy atom. The largest absolute Gasteiger partial charge is 0.490 e. The summed E-state index contributed by atoms with van der Waals surface area (Å²) in [6, 6.07) is 0. The number of ether oxygens (including phenoxy) is 1. The third-order valence-electron chi connectivity index (χ3n) is 2.88. The van der Waals surface area contributed by atoms with Crippen LogP contribution in [-0.4, -0.2) is 41.9 Å². The second kappa shape index (κ2) is 7.91. The minimum absolute atomic E-state index is 0.118. The number of nitrogens with one attached hydrogen (secondary N) is 1. The summed E-state index contributed by atoms with van der Waals surface area (Å²) in [6.45, 7) is 5.62. The van der Waals surface area contributed by atoms with Crippen molar-refractivity contribution in [3.8, 4) is 0 Å². The van der Waals surface area contributed by atoms with E-state index in [0.29, 0.717) is 18.7 Å². The third-order valence-corrected chi connectivity index (χ3v) is 2.88. The summed E-state index contributed by atoms with van der Waals surface area (Å²) in [7, 11) is 0. The monoisotopic (exact) mass is 297 g/mol. The third kappa shape index (κ3) is 6.08. The number of halogens is 3. The minimum Gasteiger partial charge on any atom is -0.475 e. The van der Waals surface area contributed by atoms with Gasteiger partial charge in [-0.2, -0.15) is 13.2 Å². The Morgan fingerprint density at radius 3 is 2.40 bits per heavy atom. The molecule has 0 bridgehead atoms. The highest BCUT2D eigenvalue weighted by atomic mass is 19.4. The van der Waals surface area contributed by atoms with Gasteiger partial charge >= 0.3 is 12.1 Å². The molecule has 5 nitrogen and oxygen atoms in total. The molecule has 2 N–H and O–H groups in total. The first-order chi connectivity index (χ1) is 9.20. The van der Waals surface area contributed by atoms with Gasteiger partial charge in [-0.3, -0.25) is 0 Å². The molecule has 1 rings (SSSR count). The van der Waals surface area contributed by atoms with Crippen LogP contribution in [0.4, 0.5) is 13.2 Å². The van der Waals surface area contributed by atoms with Crippen molar-refractivity contribution in [1.82, 2.24) is 5.32 Å². The van der Waals surface area contributed by atoms with E-state index in [1.165, 1.54) is 0 Å². The Hall–Kier alpha value is -1.53. The molecule has 0 amide bonds. The van der Waals surface area contributed by atoms with E-state index in [4.69, 9.17) is 14.6 Å².